The fraction of sp³-hybridized carbons (Fsp3) is 0.167. The van der Waals surface area contributed by atoms with Gasteiger partial charge in [-0.15, -0.1) is 11.3 Å². The lowest BCUT2D eigenvalue weighted by molar-refractivity contribution is 0.0935. The number of thiophene rings is 1. The largest absolute Gasteiger partial charge is 0.348 e. The van der Waals surface area contributed by atoms with Crippen molar-refractivity contribution >= 4 is 28.8 Å². The van der Waals surface area contributed by atoms with Crippen LogP contribution in [0.2, 0.25) is 0 Å². The summed E-state index contributed by atoms with van der Waals surface area (Å²) in [5.41, 5.74) is 1.09. The quantitative estimate of drug-likeness (QED) is 0.714. The second-order valence-corrected chi connectivity index (χ2v) is 6.59. The third-order valence-corrected chi connectivity index (χ3v) is 4.42. The molecule has 0 radical (unpaired) electrons. The van der Waals surface area contributed by atoms with Gasteiger partial charge in [-0.05, 0) is 36.6 Å². The Balaban J connectivity index is 1.62. The van der Waals surface area contributed by atoms with Crippen LogP contribution >= 0.6 is 11.3 Å². The fourth-order valence-electron chi connectivity index (χ4n) is 2.40. The molecule has 0 aliphatic carbocycles. The number of nitrogens with zero attached hydrogens (tertiary/aromatic N) is 2. The van der Waals surface area contributed by atoms with E-state index in [2.05, 4.69) is 15.6 Å². The fourth-order valence-corrected chi connectivity index (χ4v) is 3.02. The molecule has 0 fully saturated rings. The van der Waals surface area contributed by atoms with Gasteiger partial charge in [0.05, 0.1) is 11.2 Å². The maximum atomic E-state index is 12.4. The van der Waals surface area contributed by atoms with Crippen molar-refractivity contribution in [3.8, 4) is 0 Å². The van der Waals surface area contributed by atoms with Crippen molar-refractivity contribution in [1.82, 2.24) is 14.9 Å². The van der Waals surface area contributed by atoms with E-state index in [1.807, 2.05) is 29.1 Å². The molecule has 0 bridgehead atoms. The Morgan fingerprint density at radius 2 is 2.12 bits per heavy atom. The molecule has 0 unspecified atom stereocenters. The van der Waals surface area contributed by atoms with Crippen LogP contribution in [-0.4, -0.2) is 27.4 Å². The standard InChI is InChI=1S/C18H18N4O2S/c1-13(11-22-8-7-19-12-22)20-17(23)14-4-2-5-15(10-14)21-18(24)16-6-3-9-25-16/h2-10,12-13H,11H2,1H3,(H,20,23)(H,21,24)/t13-/m1/s1. The van der Waals surface area contributed by atoms with Gasteiger partial charge in [0, 0.05) is 36.2 Å². The highest BCUT2D eigenvalue weighted by atomic mass is 32.1. The second-order valence-electron chi connectivity index (χ2n) is 5.65. The van der Waals surface area contributed by atoms with Gasteiger partial charge in [0.1, 0.15) is 0 Å². The molecular formula is C18H18N4O2S. The molecule has 7 heteroatoms. The number of amides is 2. The van der Waals surface area contributed by atoms with E-state index < -0.39 is 0 Å². The van der Waals surface area contributed by atoms with E-state index in [4.69, 9.17) is 0 Å². The molecule has 0 spiro atoms. The lowest BCUT2D eigenvalue weighted by Crippen LogP contribution is -2.35. The van der Waals surface area contributed by atoms with Crippen LogP contribution in [0.25, 0.3) is 0 Å². The first-order valence-corrected chi connectivity index (χ1v) is 8.71. The first-order chi connectivity index (χ1) is 12.1. The van der Waals surface area contributed by atoms with Gasteiger partial charge in [-0.25, -0.2) is 4.98 Å². The summed E-state index contributed by atoms with van der Waals surface area (Å²) >= 11 is 1.37. The average Bonchev–Trinajstić information content (AvgIpc) is 3.28. The summed E-state index contributed by atoms with van der Waals surface area (Å²) in [6, 6.07) is 10.4. The zero-order chi connectivity index (χ0) is 17.6. The number of aromatic nitrogens is 2. The molecule has 0 saturated carbocycles. The zero-order valence-corrected chi connectivity index (χ0v) is 14.5. The summed E-state index contributed by atoms with van der Waals surface area (Å²) in [5, 5.41) is 7.60. The van der Waals surface area contributed by atoms with Crippen molar-refractivity contribution in [3.63, 3.8) is 0 Å². The Hall–Kier alpha value is -2.93. The highest BCUT2D eigenvalue weighted by molar-refractivity contribution is 7.12. The van der Waals surface area contributed by atoms with Gasteiger partial charge in [0.15, 0.2) is 0 Å². The maximum Gasteiger partial charge on any atom is 0.265 e. The molecule has 25 heavy (non-hydrogen) atoms. The van der Waals surface area contributed by atoms with Crippen molar-refractivity contribution in [2.45, 2.75) is 19.5 Å². The molecule has 128 valence electrons. The summed E-state index contributed by atoms with van der Waals surface area (Å²) in [6.45, 7) is 2.57. The minimum atomic E-state index is -0.181. The van der Waals surface area contributed by atoms with E-state index in [-0.39, 0.29) is 17.9 Å². The normalized spacial score (nSPS) is 11.7. The highest BCUT2D eigenvalue weighted by Gasteiger charge is 2.12. The molecule has 2 aromatic heterocycles. The summed E-state index contributed by atoms with van der Waals surface area (Å²) in [5.74, 6) is -0.360. The summed E-state index contributed by atoms with van der Waals surface area (Å²) in [6.07, 6.45) is 5.26. The lowest BCUT2D eigenvalue weighted by Gasteiger charge is -2.15. The van der Waals surface area contributed by atoms with Crippen LogP contribution in [0.5, 0.6) is 0 Å². The van der Waals surface area contributed by atoms with Crippen LogP contribution in [0, 0.1) is 0 Å². The maximum absolute atomic E-state index is 12.4. The van der Waals surface area contributed by atoms with E-state index in [1.165, 1.54) is 11.3 Å². The number of benzene rings is 1. The number of carbonyl (C=O) groups is 2. The summed E-state index contributed by atoms with van der Waals surface area (Å²) in [4.78, 5) is 29.1. The van der Waals surface area contributed by atoms with Crippen molar-refractivity contribution in [2.75, 3.05) is 5.32 Å². The van der Waals surface area contributed by atoms with Crippen LogP contribution in [0.1, 0.15) is 27.0 Å². The first kappa shape index (κ1) is 16.9. The average molecular weight is 354 g/mol. The van der Waals surface area contributed by atoms with Crippen LogP contribution < -0.4 is 10.6 Å². The molecule has 2 amide bonds. The Bertz CT molecular complexity index is 844. The predicted molar refractivity (Wildman–Crippen MR) is 97.9 cm³/mol. The molecular weight excluding hydrogens is 336 g/mol. The molecule has 3 rings (SSSR count). The third-order valence-electron chi connectivity index (χ3n) is 3.55. The number of nitrogens with one attached hydrogen (secondary N) is 2. The predicted octanol–water partition coefficient (Wildman–Crippen LogP) is 3.02. The Labute approximate surface area is 149 Å². The van der Waals surface area contributed by atoms with Crippen LogP contribution in [0.4, 0.5) is 5.69 Å². The van der Waals surface area contributed by atoms with E-state index in [0.717, 1.165) is 0 Å². The van der Waals surface area contributed by atoms with Gasteiger partial charge in [0.2, 0.25) is 0 Å². The first-order valence-electron chi connectivity index (χ1n) is 7.83. The molecule has 1 atom stereocenters. The molecule has 6 nitrogen and oxygen atoms in total. The smallest absolute Gasteiger partial charge is 0.265 e. The number of hydrogen-bond acceptors (Lipinski definition) is 4. The van der Waals surface area contributed by atoms with Gasteiger partial charge >= 0.3 is 0 Å². The second kappa shape index (κ2) is 7.76. The summed E-state index contributed by atoms with van der Waals surface area (Å²) in [7, 11) is 0. The SMILES string of the molecule is C[C@H](Cn1ccnc1)NC(=O)c1cccc(NC(=O)c2cccs2)c1. The number of anilines is 1. The van der Waals surface area contributed by atoms with Gasteiger partial charge in [0.25, 0.3) is 11.8 Å². The molecule has 2 N–H and O–H groups in total. The Morgan fingerprint density at radius 3 is 2.84 bits per heavy atom. The molecule has 0 aliphatic rings. The molecule has 1 aromatic carbocycles. The summed E-state index contributed by atoms with van der Waals surface area (Å²) < 4.78 is 1.91. The van der Waals surface area contributed by atoms with E-state index in [9.17, 15) is 9.59 Å². The Kier molecular flexibility index (Phi) is 5.25. The van der Waals surface area contributed by atoms with Crippen molar-refractivity contribution in [2.24, 2.45) is 0 Å². The van der Waals surface area contributed by atoms with Gasteiger partial charge < -0.3 is 15.2 Å². The van der Waals surface area contributed by atoms with Crippen molar-refractivity contribution in [1.29, 1.82) is 0 Å². The topological polar surface area (TPSA) is 76.0 Å². The number of hydrogen-bond donors (Lipinski definition) is 2. The van der Waals surface area contributed by atoms with Gasteiger partial charge in [-0.1, -0.05) is 12.1 Å². The van der Waals surface area contributed by atoms with E-state index in [0.29, 0.717) is 22.7 Å². The van der Waals surface area contributed by atoms with Gasteiger partial charge in [-0.2, -0.15) is 0 Å². The highest BCUT2D eigenvalue weighted by Crippen LogP contribution is 2.15. The van der Waals surface area contributed by atoms with E-state index in [1.54, 1.807) is 42.9 Å². The number of imidazole rings is 1. The molecule has 0 aliphatic heterocycles. The van der Waals surface area contributed by atoms with Crippen LogP contribution in [0.3, 0.4) is 0 Å². The minimum Gasteiger partial charge on any atom is -0.348 e. The van der Waals surface area contributed by atoms with Crippen LogP contribution in [-0.2, 0) is 6.54 Å². The Morgan fingerprint density at radius 1 is 1.24 bits per heavy atom. The minimum absolute atomic E-state index is 0.0499. The van der Waals surface area contributed by atoms with Gasteiger partial charge in [-0.3, -0.25) is 9.59 Å². The van der Waals surface area contributed by atoms with Crippen LogP contribution in [0.15, 0.2) is 60.5 Å². The monoisotopic (exact) mass is 354 g/mol. The van der Waals surface area contributed by atoms with E-state index >= 15 is 0 Å². The van der Waals surface area contributed by atoms with Crippen molar-refractivity contribution < 1.29 is 9.59 Å². The van der Waals surface area contributed by atoms with Crippen molar-refractivity contribution in [3.05, 3.63) is 70.9 Å². The molecule has 0 saturated heterocycles. The number of carbonyl (C=O) groups excluding carboxylic acids is 2. The number of rotatable bonds is 6. The third kappa shape index (κ3) is 4.54. The zero-order valence-electron chi connectivity index (χ0n) is 13.7. The molecule has 3 aromatic rings. The molecule has 2 heterocycles. The lowest BCUT2D eigenvalue weighted by atomic mass is 10.1.